The summed E-state index contributed by atoms with van der Waals surface area (Å²) in [4.78, 5) is 0. The molecule has 0 saturated heterocycles. The number of rotatable bonds is 3. The molecule has 2 aromatic rings. The molecule has 0 fully saturated rings. The third-order valence-electron chi connectivity index (χ3n) is 3.09. The first-order chi connectivity index (χ1) is 10.1. The van der Waals surface area contributed by atoms with E-state index in [2.05, 4.69) is 18.8 Å². The fourth-order valence-electron chi connectivity index (χ4n) is 1.92. The molecule has 0 heterocycles. The first-order valence-corrected chi connectivity index (χ1v) is 6.85. The molecule has 0 unspecified atom stereocenters. The maximum Gasteiger partial charge on any atom is 0.159 e. The van der Waals surface area contributed by atoms with Gasteiger partial charge in [-0.3, -0.25) is 0 Å². The van der Waals surface area contributed by atoms with Gasteiger partial charge in [-0.2, -0.15) is 0 Å². The van der Waals surface area contributed by atoms with Crippen molar-refractivity contribution in [3.63, 3.8) is 0 Å². The maximum atomic E-state index is 14.1. The molecule has 0 N–H and O–H groups in total. The molecule has 0 radical (unpaired) electrons. The average molecular weight is 288 g/mol. The van der Waals surface area contributed by atoms with Gasteiger partial charge < -0.3 is 0 Å². The molecule has 0 amide bonds. The smallest absolute Gasteiger partial charge is 0.159 e. The van der Waals surface area contributed by atoms with Crippen LogP contribution >= 0.6 is 0 Å². The van der Waals surface area contributed by atoms with Crippen molar-refractivity contribution in [2.75, 3.05) is 0 Å². The molecule has 0 bridgehead atoms. The number of hydrogen-bond acceptors (Lipinski definition) is 0. The van der Waals surface area contributed by atoms with Gasteiger partial charge in [0.2, 0.25) is 0 Å². The summed E-state index contributed by atoms with van der Waals surface area (Å²) < 4.78 is 40.1. The van der Waals surface area contributed by atoms with E-state index in [-0.39, 0.29) is 5.56 Å². The minimum absolute atomic E-state index is 0.230. The van der Waals surface area contributed by atoms with Gasteiger partial charge in [-0.05, 0) is 36.2 Å². The molecule has 0 saturated carbocycles. The van der Waals surface area contributed by atoms with Crippen LogP contribution in [0.1, 0.15) is 31.7 Å². The molecule has 2 aromatic carbocycles. The SMILES string of the molecule is CCCCC#Cc1ccc(-c2ccc(F)c(F)c2)c(F)c1. The van der Waals surface area contributed by atoms with Crippen LogP contribution < -0.4 is 0 Å². The number of unbranched alkanes of at least 4 members (excludes halogenated alkanes) is 2. The van der Waals surface area contributed by atoms with Crippen LogP contribution in [-0.2, 0) is 0 Å². The standard InChI is InChI=1S/C18H15F3/c1-2-3-4-5-6-13-7-9-15(17(20)11-13)14-8-10-16(19)18(21)12-14/h7-12H,2-4H2,1H3. The Morgan fingerprint density at radius 1 is 0.905 bits per heavy atom. The molecule has 0 aromatic heterocycles. The Labute approximate surface area is 122 Å². The lowest BCUT2D eigenvalue weighted by molar-refractivity contribution is 0.509. The van der Waals surface area contributed by atoms with Gasteiger partial charge in [-0.25, -0.2) is 13.2 Å². The zero-order chi connectivity index (χ0) is 15.2. The molecular formula is C18H15F3. The molecule has 0 atom stereocenters. The van der Waals surface area contributed by atoms with E-state index >= 15 is 0 Å². The van der Waals surface area contributed by atoms with Crippen LogP contribution in [0, 0.1) is 29.3 Å². The van der Waals surface area contributed by atoms with Crippen molar-refractivity contribution in [2.24, 2.45) is 0 Å². The van der Waals surface area contributed by atoms with Crippen molar-refractivity contribution in [2.45, 2.75) is 26.2 Å². The highest BCUT2D eigenvalue weighted by Gasteiger charge is 2.09. The van der Waals surface area contributed by atoms with E-state index in [1.807, 2.05) is 0 Å². The summed E-state index contributed by atoms with van der Waals surface area (Å²) in [6.45, 7) is 2.08. The first kappa shape index (κ1) is 15.2. The van der Waals surface area contributed by atoms with E-state index in [4.69, 9.17) is 0 Å². The summed E-state index contributed by atoms with van der Waals surface area (Å²) in [5.74, 6) is 3.44. The predicted molar refractivity (Wildman–Crippen MR) is 78.2 cm³/mol. The Kier molecular flexibility index (Phi) is 5.05. The highest BCUT2D eigenvalue weighted by atomic mass is 19.2. The zero-order valence-electron chi connectivity index (χ0n) is 11.7. The van der Waals surface area contributed by atoms with E-state index in [9.17, 15) is 13.2 Å². The third kappa shape index (κ3) is 3.88. The lowest BCUT2D eigenvalue weighted by Crippen LogP contribution is -1.89. The summed E-state index contributed by atoms with van der Waals surface area (Å²) in [5.41, 5.74) is 1.11. The predicted octanol–water partition coefficient (Wildman–Crippen LogP) is 5.31. The highest BCUT2D eigenvalue weighted by molar-refractivity contribution is 5.65. The monoisotopic (exact) mass is 288 g/mol. The van der Waals surface area contributed by atoms with Crippen molar-refractivity contribution < 1.29 is 13.2 Å². The molecular weight excluding hydrogens is 273 g/mol. The van der Waals surface area contributed by atoms with E-state index in [0.717, 1.165) is 31.4 Å². The summed E-state index contributed by atoms with van der Waals surface area (Å²) in [6, 6.07) is 7.85. The van der Waals surface area contributed by atoms with Crippen LogP contribution in [0.4, 0.5) is 13.2 Å². The quantitative estimate of drug-likeness (QED) is 0.530. The molecule has 0 nitrogen and oxygen atoms in total. The van der Waals surface area contributed by atoms with Crippen LogP contribution in [0.2, 0.25) is 0 Å². The van der Waals surface area contributed by atoms with Gasteiger partial charge in [0.25, 0.3) is 0 Å². The Balaban J connectivity index is 2.26. The summed E-state index contributed by atoms with van der Waals surface area (Å²) in [7, 11) is 0. The molecule has 0 aliphatic rings. The molecule has 0 aliphatic heterocycles. The van der Waals surface area contributed by atoms with Gasteiger partial charge in [-0.15, -0.1) is 0 Å². The van der Waals surface area contributed by atoms with Crippen molar-refractivity contribution in [3.8, 4) is 23.0 Å². The third-order valence-corrected chi connectivity index (χ3v) is 3.09. The van der Waals surface area contributed by atoms with Crippen LogP contribution in [-0.4, -0.2) is 0 Å². The summed E-state index contributed by atoms with van der Waals surface area (Å²) >= 11 is 0. The number of halogens is 3. The second-order valence-electron chi connectivity index (χ2n) is 4.73. The second kappa shape index (κ2) is 6.99. The van der Waals surface area contributed by atoms with Gasteiger partial charge in [0, 0.05) is 17.5 Å². The molecule has 21 heavy (non-hydrogen) atoms. The molecule has 108 valence electrons. The Bertz CT molecular complexity index is 693. The van der Waals surface area contributed by atoms with E-state index in [0.29, 0.717) is 11.1 Å². The molecule has 3 heteroatoms. The van der Waals surface area contributed by atoms with Gasteiger partial charge in [0.05, 0.1) is 0 Å². The van der Waals surface area contributed by atoms with Gasteiger partial charge in [0.1, 0.15) is 5.82 Å². The Hall–Kier alpha value is -2.21. The Morgan fingerprint density at radius 2 is 1.71 bits per heavy atom. The first-order valence-electron chi connectivity index (χ1n) is 6.85. The largest absolute Gasteiger partial charge is 0.206 e. The lowest BCUT2D eigenvalue weighted by atomic mass is 10.0. The topological polar surface area (TPSA) is 0 Å². The van der Waals surface area contributed by atoms with Gasteiger partial charge in [-0.1, -0.05) is 37.3 Å². The Morgan fingerprint density at radius 3 is 2.38 bits per heavy atom. The van der Waals surface area contributed by atoms with Gasteiger partial charge in [0.15, 0.2) is 11.6 Å². The van der Waals surface area contributed by atoms with Crippen LogP contribution in [0.25, 0.3) is 11.1 Å². The van der Waals surface area contributed by atoms with Crippen molar-refractivity contribution in [1.82, 2.24) is 0 Å². The van der Waals surface area contributed by atoms with E-state index < -0.39 is 17.5 Å². The zero-order valence-corrected chi connectivity index (χ0v) is 11.7. The molecule has 0 aliphatic carbocycles. The highest BCUT2D eigenvalue weighted by Crippen LogP contribution is 2.25. The van der Waals surface area contributed by atoms with E-state index in [1.54, 1.807) is 6.07 Å². The van der Waals surface area contributed by atoms with Gasteiger partial charge >= 0.3 is 0 Å². The van der Waals surface area contributed by atoms with Crippen LogP contribution in [0.3, 0.4) is 0 Å². The maximum absolute atomic E-state index is 14.1. The molecule has 0 spiro atoms. The number of benzene rings is 2. The fraction of sp³-hybridized carbons (Fsp3) is 0.222. The van der Waals surface area contributed by atoms with Crippen LogP contribution in [0.15, 0.2) is 36.4 Å². The lowest BCUT2D eigenvalue weighted by Gasteiger charge is -2.04. The van der Waals surface area contributed by atoms with E-state index in [1.165, 1.54) is 18.2 Å². The second-order valence-corrected chi connectivity index (χ2v) is 4.73. The van der Waals surface area contributed by atoms with Crippen LogP contribution in [0.5, 0.6) is 0 Å². The fourth-order valence-corrected chi connectivity index (χ4v) is 1.92. The normalized spacial score (nSPS) is 10.1. The average Bonchev–Trinajstić information content (AvgIpc) is 2.47. The van der Waals surface area contributed by atoms with Crippen molar-refractivity contribution >= 4 is 0 Å². The summed E-state index contributed by atoms with van der Waals surface area (Å²) in [6.07, 6.45) is 2.86. The minimum atomic E-state index is -0.990. The number of hydrogen-bond donors (Lipinski definition) is 0. The molecule has 2 rings (SSSR count). The van der Waals surface area contributed by atoms with Crippen molar-refractivity contribution in [1.29, 1.82) is 0 Å². The summed E-state index contributed by atoms with van der Waals surface area (Å²) in [5, 5.41) is 0. The van der Waals surface area contributed by atoms with Crippen molar-refractivity contribution in [3.05, 3.63) is 59.4 Å². The minimum Gasteiger partial charge on any atom is -0.206 e.